The molecule has 176 valence electrons. The zero-order valence-corrected chi connectivity index (χ0v) is 19.2. The molecule has 30 heavy (non-hydrogen) atoms. The third kappa shape index (κ3) is 23.9. The van der Waals surface area contributed by atoms with Crippen molar-refractivity contribution in [3.05, 3.63) is 0 Å². The number of esters is 4. The van der Waals surface area contributed by atoms with E-state index in [2.05, 4.69) is 0 Å². The largest absolute Gasteiger partial charge is 0.466 e. The van der Waals surface area contributed by atoms with Crippen molar-refractivity contribution in [2.45, 2.75) is 91.9 Å². The maximum atomic E-state index is 11.2. The van der Waals surface area contributed by atoms with E-state index in [1.54, 1.807) is 0 Å². The number of carbonyl (C=O) groups is 4. The first kappa shape index (κ1) is 30.1. The molecule has 0 N–H and O–H groups in total. The van der Waals surface area contributed by atoms with Crippen LogP contribution in [0.2, 0.25) is 0 Å². The van der Waals surface area contributed by atoms with Crippen LogP contribution < -0.4 is 0 Å². The zero-order valence-electron chi connectivity index (χ0n) is 19.2. The van der Waals surface area contributed by atoms with Gasteiger partial charge in [0.25, 0.3) is 0 Å². The van der Waals surface area contributed by atoms with Gasteiger partial charge in [-0.05, 0) is 32.1 Å². The predicted octanol–water partition coefficient (Wildman–Crippen LogP) is 4.13. The van der Waals surface area contributed by atoms with E-state index in [-0.39, 0.29) is 18.4 Å². The van der Waals surface area contributed by atoms with Gasteiger partial charge < -0.3 is 18.9 Å². The minimum atomic E-state index is -0.511. The van der Waals surface area contributed by atoms with E-state index in [4.69, 9.17) is 18.9 Å². The van der Waals surface area contributed by atoms with Crippen LogP contribution in [0.15, 0.2) is 0 Å². The van der Waals surface area contributed by atoms with Crippen LogP contribution in [-0.2, 0) is 38.1 Å². The standard InChI is InChI=1S/C13H24O4.C9H16O4/c1-3-5-10-16-12(14)8-7-9-13(15)17-11-6-4-2;1-3-5-12-8(10)7-9(11)13-6-4-2/h3-11H2,1-2H3;3-7H2,1-2H3. The average Bonchev–Trinajstić information content (AvgIpc) is 2.71. The van der Waals surface area contributed by atoms with Crippen molar-refractivity contribution in [3.8, 4) is 0 Å². The van der Waals surface area contributed by atoms with Gasteiger partial charge in [-0.1, -0.05) is 40.5 Å². The van der Waals surface area contributed by atoms with Gasteiger partial charge in [-0.2, -0.15) is 0 Å². The number of hydrogen-bond acceptors (Lipinski definition) is 8. The van der Waals surface area contributed by atoms with Gasteiger partial charge in [0.1, 0.15) is 6.42 Å². The first-order valence-electron chi connectivity index (χ1n) is 11.0. The number of ether oxygens (including phenoxy) is 4. The summed E-state index contributed by atoms with van der Waals surface area (Å²) in [5.74, 6) is -1.47. The molecule has 0 bridgehead atoms. The van der Waals surface area contributed by atoms with Gasteiger partial charge >= 0.3 is 23.9 Å². The molecular weight excluding hydrogens is 392 g/mol. The Bertz CT molecular complexity index is 422. The van der Waals surface area contributed by atoms with Gasteiger partial charge in [0.2, 0.25) is 0 Å². The normalized spacial score (nSPS) is 9.73. The molecule has 0 heterocycles. The molecule has 0 aromatic rings. The second-order valence-electron chi connectivity index (χ2n) is 6.62. The summed E-state index contributed by atoms with van der Waals surface area (Å²) in [6.45, 7) is 9.55. The highest BCUT2D eigenvalue weighted by Gasteiger charge is 2.10. The molecule has 0 atom stereocenters. The lowest BCUT2D eigenvalue weighted by Gasteiger charge is -2.04. The maximum Gasteiger partial charge on any atom is 0.317 e. The Kier molecular flexibility index (Phi) is 23.2. The molecule has 0 aliphatic heterocycles. The summed E-state index contributed by atoms with van der Waals surface area (Å²) in [6.07, 6.45) is 6.16. The van der Waals surface area contributed by atoms with Crippen molar-refractivity contribution in [3.63, 3.8) is 0 Å². The molecule has 0 unspecified atom stereocenters. The Hall–Kier alpha value is -2.12. The Labute approximate surface area is 181 Å². The Morgan fingerprint density at radius 1 is 0.467 bits per heavy atom. The zero-order chi connectivity index (χ0) is 23.0. The fourth-order valence-electron chi connectivity index (χ4n) is 1.83. The van der Waals surface area contributed by atoms with Gasteiger partial charge in [-0.15, -0.1) is 0 Å². The van der Waals surface area contributed by atoms with E-state index in [0.717, 1.165) is 38.5 Å². The predicted molar refractivity (Wildman–Crippen MR) is 113 cm³/mol. The molecule has 0 aliphatic rings. The van der Waals surface area contributed by atoms with Crippen LogP contribution in [0, 0.1) is 0 Å². The summed E-state index contributed by atoms with van der Waals surface area (Å²) in [5.41, 5.74) is 0. The van der Waals surface area contributed by atoms with Crippen LogP contribution in [0.1, 0.15) is 91.9 Å². The number of rotatable bonds is 16. The molecule has 0 fully saturated rings. The highest BCUT2D eigenvalue weighted by Crippen LogP contribution is 2.01. The Morgan fingerprint density at radius 2 is 0.833 bits per heavy atom. The summed E-state index contributed by atoms with van der Waals surface area (Å²) in [4.78, 5) is 44.1. The summed E-state index contributed by atoms with van der Waals surface area (Å²) in [6, 6.07) is 0. The lowest BCUT2D eigenvalue weighted by molar-refractivity contribution is -0.154. The van der Waals surface area contributed by atoms with E-state index in [9.17, 15) is 19.2 Å². The number of carbonyl (C=O) groups excluding carboxylic acids is 4. The van der Waals surface area contributed by atoms with Gasteiger partial charge in [-0.3, -0.25) is 19.2 Å². The molecule has 0 rings (SSSR count). The van der Waals surface area contributed by atoms with Crippen LogP contribution in [0.3, 0.4) is 0 Å². The third-order valence-electron chi connectivity index (χ3n) is 3.51. The lowest BCUT2D eigenvalue weighted by atomic mass is 10.2. The van der Waals surface area contributed by atoms with E-state index in [1.165, 1.54) is 0 Å². The molecular formula is C22H40O8. The minimum Gasteiger partial charge on any atom is -0.466 e. The Morgan fingerprint density at radius 3 is 1.17 bits per heavy atom. The van der Waals surface area contributed by atoms with E-state index in [1.807, 2.05) is 27.7 Å². The number of unbranched alkanes of at least 4 members (excludes halogenated alkanes) is 2. The van der Waals surface area contributed by atoms with Crippen LogP contribution in [0.4, 0.5) is 0 Å². The van der Waals surface area contributed by atoms with Gasteiger partial charge in [0.15, 0.2) is 0 Å². The molecule has 0 aromatic heterocycles. The second kappa shape index (κ2) is 23.2. The first-order valence-corrected chi connectivity index (χ1v) is 11.0. The smallest absolute Gasteiger partial charge is 0.317 e. The molecule has 0 saturated carbocycles. The summed E-state index contributed by atoms with van der Waals surface area (Å²) >= 11 is 0. The molecule has 0 aromatic carbocycles. The molecule has 0 amide bonds. The summed E-state index contributed by atoms with van der Waals surface area (Å²) < 4.78 is 19.3. The topological polar surface area (TPSA) is 105 Å². The van der Waals surface area contributed by atoms with Crippen molar-refractivity contribution < 1.29 is 38.1 Å². The van der Waals surface area contributed by atoms with Crippen LogP contribution in [0.25, 0.3) is 0 Å². The number of hydrogen-bond donors (Lipinski definition) is 0. The van der Waals surface area contributed by atoms with Gasteiger partial charge in [0.05, 0.1) is 26.4 Å². The average molecular weight is 433 g/mol. The van der Waals surface area contributed by atoms with Crippen molar-refractivity contribution in [2.75, 3.05) is 26.4 Å². The van der Waals surface area contributed by atoms with Crippen molar-refractivity contribution in [2.24, 2.45) is 0 Å². The third-order valence-corrected chi connectivity index (χ3v) is 3.51. The van der Waals surface area contributed by atoms with Crippen LogP contribution in [-0.4, -0.2) is 50.3 Å². The highest BCUT2D eigenvalue weighted by atomic mass is 16.6. The Balaban J connectivity index is 0. The van der Waals surface area contributed by atoms with E-state index < -0.39 is 11.9 Å². The lowest BCUT2D eigenvalue weighted by Crippen LogP contribution is -2.14. The monoisotopic (exact) mass is 432 g/mol. The summed E-state index contributed by atoms with van der Waals surface area (Å²) in [7, 11) is 0. The molecule has 0 aliphatic carbocycles. The quantitative estimate of drug-likeness (QED) is 0.155. The van der Waals surface area contributed by atoms with E-state index >= 15 is 0 Å². The second-order valence-corrected chi connectivity index (χ2v) is 6.62. The fraction of sp³-hybridized carbons (Fsp3) is 0.818. The highest BCUT2D eigenvalue weighted by molar-refractivity contribution is 5.91. The van der Waals surface area contributed by atoms with Crippen LogP contribution >= 0.6 is 0 Å². The minimum absolute atomic E-state index is 0.222. The van der Waals surface area contributed by atoms with Crippen LogP contribution in [0.5, 0.6) is 0 Å². The van der Waals surface area contributed by atoms with Crippen molar-refractivity contribution >= 4 is 23.9 Å². The van der Waals surface area contributed by atoms with E-state index in [0.29, 0.717) is 45.7 Å². The molecule has 8 heteroatoms. The SMILES string of the molecule is CCCCOC(=O)CCCC(=O)OCCCC.CCCOC(=O)CC(=O)OCCC. The molecule has 8 nitrogen and oxygen atoms in total. The molecule has 0 radical (unpaired) electrons. The van der Waals surface area contributed by atoms with Gasteiger partial charge in [-0.25, -0.2) is 0 Å². The van der Waals surface area contributed by atoms with Gasteiger partial charge in [0, 0.05) is 12.8 Å². The fourth-order valence-corrected chi connectivity index (χ4v) is 1.83. The summed E-state index contributed by atoms with van der Waals surface area (Å²) in [5, 5.41) is 0. The molecule has 0 spiro atoms. The van der Waals surface area contributed by atoms with Crippen molar-refractivity contribution in [1.29, 1.82) is 0 Å². The first-order chi connectivity index (χ1) is 14.4. The van der Waals surface area contributed by atoms with Crippen molar-refractivity contribution in [1.82, 2.24) is 0 Å². The molecule has 0 saturated heterocycles. The maximum absolute atomic E-state index is 11.2.